The second-order valence-corrected chi connectivity index (χ2v) is 3.66. The van der Waals surface area contributed by atoms with Gasteiger partial charge in [-0.2, -0.15) is 5.10 Å². The van der Waals surface area contributed by atoms with Crippen molar-refractivity contribution in [1.29, 1.82) is 0 Å². The molecule has 1 heterocycles. The number of para-hydroxylation sites is 1. The van der Waals surface area contributed by atoms with Gasteiger partial charge in [-0.15, -0.1) is 0 Å². The number of nitrogen functional groups attached to an aromatic ring is 1. The Morgan fingerprint density at radius 1 is 1.47 bits per heavy atom. The van der Waals surface area contributed by atoms with E-state index in [1.807, 2.05) is 0 Å². The Morgan fingerprint density at radius 2 is 2.24 bits per heavy atom. The number of benzene rings is 1. The quantitative estimate of drug-likeness (QED) is 0.682. The van der Waals surface area contributed by atoms with Crippen molar-refractivity contribution in [3.8, 4) is 0 Å². The molecule has 0 bridgehead atoms. The highest BCUT2D eigenvalue weighted by atomic mass is 16.1. The maximum atomic E-state index is 11.3. The predicted octanol–water partition coefficient (Wildman–Crippen LogP) is 0.845. The molecule has 0 aliphatic carbocycles. The van der Waals surface area contributed by atoms with Crippen molar-refractivity contribution >= 4 is 23.0 Å². The third-order valence-electron chi connectivity index (χ3n) is 2.34. The Hall–Kier alpha value is -2.50. The maximum absolute atomic E-state index is 11.3. The summed E-state index contributed by atoms with van der Waals surface area (Å²) in [6.07, 6.45) is 3.41. The van der Waals surface area contributed by atoms with Crippen molar-refractivity contribution < 1.29 is 4.79 Å². The smallest absolute Gasteiger partial charge is 0.250 e. The van der Waals surface area contributed by atoms with E-state index < -0.39 is 5.91 Å². The molecule has 0 aliphatic heterocycles. The zero-order valence-corrected chi connectivity index (χ0v) is 9.34. The first-order chi connectivity index (χ1) is 8.08. The molecule has 0 radical (unpaired) electrons. The summed E-state index contributed by atoms with van der Waals surface area (Å²) < 4.78 is 1.64. The average Bonchev–Trinajstić information content (AvgIpc) is 2.67. The fourth-order valence-corrected chi connectivity index (χ4v) is 1.55. The number of nitrogens with two attached hydrogens (primary N) is 2. The Kier molecular flexibility index (Phi) is 2.70. The summed E-state index contributed by atoms with van der Waals surface area (Å²) in [5.41, 5.74) is 13.2. The molecule has 1 aromatic heterocycles. The normalized spacial score (nSPS) is 10.2. The molecule has 1 amide bonds. The predicted molar refractivity (Wildman–Crippen MR) is 65.9 cm³/mol. The second-order valence-electron chi connectivity index (χ2n) is 3.66. The fraction of sp³-hybridized carbons (Fsp3) is 0.0909. The number of primary amides is 1. The first-order valence-electron chi connectivity index (χ1n) is 5.02. The molecule has 0 atom stereocenters. The van der Waals surface area contributed by atoms with Crippen molar-refractivity contribution in [2.45, 2.75) is 0 Å². The number of nitrogens with one attached hydrogen (secondary N) is 1. The van der Waals surface area contributed by atoms with Crippen LogP contribution in [0.2, 0.25) is 0 Å². The van der Waals surface area contributed by atoms with Gasteiger partial charge in [-0.25, -0.2) is 0 Å². The van der Waals surface area contributed by atoms with Crippen LogP contribution in [0.15, 0.2) is 30.6 Å². The zero-order valence-electron chi connectivity index (χ0n) is 9.34. The summed E-state index contributed by atoms with van der Waals surface area (Å²) in [5, 5.41) is 7.05. The number of hydrogen-bond donors (Lipinski definition) is 3. The van der Waals surface area contributed by atoms with Crippen molar-refractivity contribution in [1.82, 2.24) is 9.78 Å². The molecule has 0 fully saturated rings. The minimum atomic E-state index is -0.524. The van der Waals surface area contributed by atoms with Gasteiger partial charge in [0.1, 0.15) is 0 Å². The lowest BCUT2D eigenvalue weighted by atomic mass is 10.1. The summed E-state index contributed by atoms with van der Waals surface area (Å²) in [7, 11) is 1.80. The van der Waals surface area contributed by atoms with Crippen molar-refractivity contribution in [3.63, 3.8) is 0 Å². The molecule has 1 aromatic carbocycles. The molecule has 0 unspecified atom stereocenters. The minimum Gasteiger partial charge on any atom is -0.397 e. The third kappa shape index (κ3) is 2.20. The summed E-state index contributed by atoms with van der Waals surface area (Å²) in [4.78, 5) is 11.3. The molecule has 0 saturated heterocycles. The average molecular weight is 231 g/mol. The summed E-state index contributed by atoms with van der Waals surface area (Å²) in [5.74, 6) is -0.524. The molecule has 6 heteroatoms. The molecule has 2 aromatic rings. The molecule has 0 saturated carbocycles. The van der Waals surface area contributed by atoms with Gasteiger partial charge in [0.15, 0.2) is 0 Å². The van der Waals surface area contributed by atoms with Gasteiger partial charge in [0.25, 0.3) is 5.91 Å². The monoisotopic (exact) mass is 231 g/mol. The molecule has 0 spiro atoms. The largest absolute Gasteiger partial charge is 0.397 e. The van der Waals surface area contributed by atoms with Crippen LogP contribution < -0.4 is 16.8 Å². The summed E-state index contributed by atoms with van der Waals surface area (Å²) in [6, 6.07) is 5.01. The Labute approximate surface area is 98.2 Å². The molecule has 0 aliphatic rings. The molecule has 5 N–H and O–H groups in total. The number of rotatable bonds is 3. The van der Waals surface area contributed by atoms with Crippen LogP contribution in [0.5, 0.6) is 0 Å². The van der Waals surface area contributed by atoms with E-state index in [0.717, 1.165) is 5.69 Å². The van der Waals surface area contributed by atoms with E-state index in [1.54, 1.807) is 42.3 Å². The van der Waals surface area contributed by atoms with Gasteiger partial charge in [0.2, 0.25) is 0 Å². The highest BCUT2D eigenvalue weighted by Crippen LogP contribution is 2.26. The highest BCUT2D eigenvalue weighted by Gasteiger charge is 2.11. The number of hydrogen-bond acceptors (Lipinski definition) is 4. The van der Waals surface area contributed by atoms with Crippen LogP contribution in [0, 0.1) is 0 Å². The number of amides is 1. The number of anilines is 3. The Morgan fingerprint density at radius 3 is 2.82 bits per heavy atom. The number of carbonyl (C=O) groups is 1. The molecule has 6 nitrogen and oxygen atoms in total. The third-order valence-corrected chi connectivity index (χ3v) is 2.34. The van der Waals surface area contributed by atoms with Crippen LogP contribution in [0.4, 0.5) is 17.1 Å². The van der Waals surface area contributed by atoms with Gasteiger partial charge in [0, 0.05) is 13.2 Å². The van der Waals surface area contributed by atoms with Gasteiger partial charge < -0.3 is 16.8 Å². The number of nitrogens with zero attached hydrogens (tertiary/aromatic N) is 2. The fourth-order valence-electron chi connectivity index (χ4n) is 1.55. The van der Waals surface area contributed by atoms with Crippen molar-refractivity contribution in [3.05, 3.63) is 36.2 Å². The topological polar surface area (TPSA) is 99.0 Å². The van der Waals surface area contributed by atoms with E-state index in [4.69, 9.17) is 11.5 Å². The van der Waals surface area contributed by atoms with Crippen LogP contribution in [0.25, 0.3) is 0 Å². The highest BCUT2D eigenvalue weighted by molar-refractivity contribution is 6.02. The van der Waals surface area contributed by atoms with Crippen LogP contribution in [0.3, 0.4) is 0 Å². The van der Waals surface area contributed by atoms with Gasteiger partial charge in [-0.1, -0.05) is 6.07 Å². The molecule has 2 rings (SSSR count). The second kappa shape index (κ2) is 4.17. The Bertz CT molecular complexity index is 561. The molecule has 17 heavy (non-hydrogen) atoms. The van der Waals surface area contributed by atoms with Gasteiger partial charge in [0.05, 0.1) is 28.8 Å². The standard InChI is InChI=1S/C11H13N5O/c1-16-6-7(5-14-16)15-10-8(11(13)17)3-2-4-9(10)12/h2-6,15H,12H2,1H3,(H2,13,17). The van der Waals surface area contributed by atoms with E-state index in [9.17, 15) is 4.79 Å². The van der Waals surface area contributed by atoms with E-state index >= 15 is 0 Å². The molecular formula is C11H13N5O. The number of carbonyl (C=O) groups excluding carboxylic acids is 1. The maximum Gasteiger partial charge on any atom is 0.250 e. The van der Waals surface area contributed by atoms with Gasteiger partial charge in [-0.3, -0.25) is 9.48 Å². The number of aryl methyl sites for hydroxylation is 1. The molecular weight excluding hydrogens is 218 g/mol. The van der Waals surface area contributed by atoms with Crippen LogP contribution in [-0.2, 0) is 7.05 Å². The van der Waals surface area contributed by atoms with E-state index in [0.29, 0.717) is 16.9 Å². The molecule has 88 valence electrons. The number of aromatic nitrogens is 2. The van der Waals surface area contributed by atoms with Gasteiger partial charge in [-0.05, 0) is 12.1 Å². The lowest BCUT2D eigenvalue weighted by Crippen LogP contribution is -2.14. The van der Waals surface area contributed by atoms with Crippen LogP contribution >= 0.6 is 0 Å². The lowest BCUT2D eigenvalue weighted by molar-refractivity contribution is 0.100. The SMILES string of the molecule is Cn1cc(Nc2c(N)cccc2C(N)=O)cn1. The lowest BCUT2D eigenvalue weighted by Gasteiger charge is -2.10. The first kappa shape index (κ1) is 11.0. The van der Waals surface area contributed by atoms with Crippen LogP contribution in [-0.4, -0.2) is 15.7 Å². The van der Waals surface area contributed by atoms with Gasteiger partial charge >= 0.3 is 0 Å². The summed E-state index contributed by atoms with van der Waals surface area (Å²) >= 11 is 0. The van der Waals surface area contributed by atoms with Crippen LogP contribution in [0.1, 0.15) is 10.4 Å². The first-order valence-corrected chi connectivity index (χ1v) is 5.02. The minimum absolute atomic E-state index is 0.355. The zero-order chi connectivity index (χ0) is 12.4. The van der Waals surface area contributed by atoms with Crippen molar-refractivity contribution in [2.75, 3.05) is 11.1 Å². The Balaban J connectivity index is 2.40. The van der Waals surface area contributed by atoms with E-state index in [2.05, 4.69) is 10.4 Å². The van der Waals surface area contributed by atoms with Crippen molar-refractivity contribution in [2.24, 2.45) is 12.8 Å². The van der Waals surface area contributed by atoms with E-state index in [1.165, 1.54) is 0 Å². The van der Waals surface area contributed by atoms with E-state index in [-0.39, 0.29) is 0 Å². The summed E-state index contributed by atoms with van der Waals surface area (Å²) in [6.45, 7) is 0.